The van der Waals surface area contributed by atoms with E-state index in [-0.39, 0.29) is 5.69 Å². The zero-order valence-electron chi connectivity index (χ0n) is 11.2. The molecule has 1 aromatic heterocycles. The number of nitrogens with one attached hydrogen (secondary N) is 1. The molecule has 20 heavy (non-hydrogen) atoms. The van der Waals surface area contributed by atoms with Gasteiger partial charge >= 0.3 is 0 Å². The number of rotatable bonds is 4. The summed E-state index contributed by atoms with van der Waals surface area (Å²) >= 11 is 0. The number of nitro groups is 1. The van der Waals surface area contributed by atoms with Crippen molar-refractivity contribution in [2.75, 3.05) is 25.0 Å². The van der Waals surface area contributed by atoms with Crippen molar-refractivity contribution in [2.24, 2.45) is 0 Å². The van der Waals surface area contributed by atoms with Crippen LogP contribution in [0.25, 0.3) is 11.1 Å². The number of nitro benzene ring substituents is 1. The van der Waals surface area contributed by atoms with Gasteiger partial charge in [-0.1, -0.05) is 0 Å². The first-order chi connectivity index (χ1) is 9.63. The highest BCUT2D eigenvalue weighted by atomic mass is 16.6. The molecular formula is C13H16N4O3. The van der Waals surface area contributed by atoms with Crippen molar-refractivity contribution >= 4 is 22.8 Å². The quantitative estimate of drug-likeness (QED) is 0.678. The van der Waals surface area contributed by atoms with Gasteiger partial charge in [-0.05, 0) is 25.5 Å². The van der Waals surface area contributed by atoms with E-state index >= 15 is 0 Å². The molecule has 1 aliphatic heterocycles. The highest BCUT2D eigenvalue weighted by molar-refractivity contribution is 5.77. The molecule has 0 bridgehead atoms. The van der Waals surface area contributed by atoms with E-state index in [4.69, 9.17) is 4.42 Å². The molecule has 1 saturated heterocycles. The third-order valence-electron chi connectivity index (χ3n) is 3.55. The molecule has 7 heteroatoms. The van der Waals surface area contributed by atoms with Gasteiger partial charge in [0.15, 0.2) is 5.58 Å². The average molecular weight is 276 g/mol. The predicted molar refractivity (Wildman–Crippen MR) is 75.0 cm³/mol. The van der Waals surface area contributed by atoms with Gasteiger partial charge in [0.2, 0.25) is 0 Å². The highest BCUT2D eigenvalue weighted by Crippen LogP contribution is 2.25. The van der Waals surface area contributed by atoms with Crippen LogP contribution in [0.2, 0.25) is 0 Å². The lowest BCUT2D eigenvalue weighted by Gasteiger charge is -2.19. The van der Waals surface area contributed by atoms with Crippen LogP contribution in [0.4, 0.5) is 11.7 Å². The lowest BCUT2D eigenvalue weighted by Crippen LogP contribution is -2.35. The van der Waals surface area contributed by atoms with Crippen molar-refractivity contribution in [3.63, 3.8) is 0 Å². The molecule has 0 aliphatic carbocycles. The van der Waals surface area contributed by atoms with Crippen LogP contribution in [0.1, 0.15) is 12.8 Å². The number of likely N-dealkylation sites (N-methyl/N-ethyl adjacent to an activating group) is 1. The Labute approximate surface area is 115 Å². The number of aromatic nitrogens is 1. The second-order valence-corrected chi connectivity index (χ2v) is 5.08. The van der Waals surface area contributed by atoms with E-state index in [0.29, 0.717) is 23.2 Å². The van der Waals surface area contributed by atoms with E-state index in [1.807, 2.05) is 11.9 Å². The number of anilines is 1. The molecule has 1 atom stereocenters. The predicted octanol–water partition coefficient (Wildman–Crippen LogP) is 1.92. The fraction of sp³-hybridized carbons (Fsp3) is 0.462. The first kappa shape index (κ1) is 12.9. The van der Waals surface area contributed by atoms with Crippen LogP contribution in [-0.2, 0) is 0 Å². The monoisotopic (exact) mass is 276 g/mol. The molecule has 2 aromatic rings. The zero-order chi connectivity index (χ0) is 14.1. The third-order valence-corrected chi connectivity index (χ3v) is 3.55. The van der Waals surface area contributed by atoms with E-state index in [1.165, 1.54) is 18.6 Å². The zero-order valence-corrected chi connectivity index (χ0v) is 11.2. The van der Waals surface area contributed by atoms with Crippen molar-refractivity contribution < 1.29 is 9.34 Å². The van der Waals surface area contributed by atoms with Crippen molar-refractivity contribution in [3.05, 3.63) is 28.3 Å². The average Bonchev–Trinajstić information content (AvgIpc) is 3.05. The van der Waals surface area contributed by atoms with Gasteiger partial charge in [-0.25, -0.2) is 0 Å². The molecule has 7 nitrogen and oxygen atoms in total. The van der Waals surface area contributed by atoms with Crippen molar-refractivity contribution in [3.8, 4) is 0 Å². The molecule has 0 amide bonds. The van der Waals surface area contributed by atoms with Crippen LogP contribution in [0.5, 0.6) is 0 Å². The van der Waals surface area contributed by atoms with Crippen molar-refractivity contribution in [1.82, 2.24) is 10.3 Å². The second-order valence-electron chi connectivity index (χ2n) is 5.08. The molecule has 0 spiro atoms. The van der Waals surface area contributed by atoms with Crippen molar-refractivity contribution in [2.45, 2.75) is 18.9 Å². The Bertz CT molecular complexity index is 634. The van der Waals surface area contributed by atoms with Crippen LogP contribution in [0.3, 0.4) is 0 Å². The van der Waals surface area contributed by atoms with E-state index in [2.05, 4.69) is 10.3 Å². The Morgan fingerprint density at radius 3 is 3.15 bits per heavy atom. The standard InChI is InChI=1S/C13H16N4O3/c1-16(8-9-3-2-6-14-9)13-15-11-7-10(17(18)19)4-5-12(11)20-13/h4-5,7,9,14H,2-3,6,8H2,1H3/t9-/m1/s1. The Morgan fingerprint density at radius 1 is 1.60 bits per heavy atom. The second kappa shape index (κ2) is 5.09. The van der Waals surface area contributed by atoms with Crippen LogP contribution >= 0.6 is 0 Å². The number of benzene rings is 1. The molecule has 0 radical (unpaired) electrons. The van der Waals surface area contributed by atoms with Gasteiger partial charge in [-0.3, -0.25) is 10.1 Å². The van der Waals surface area contributed by atoms with Gasteiger partial charge in [0.25, 0.3) is 11.7 Å². The maximum Gasteiger partial charge on any atom is 0.298 e. The van der Waals surface area contributed by atoms with Crippen LogP contribution < -0.4 is 10.2 Å². The fourth-order valence-electron chi connectivity index (χ4n) is 2.50. The van der Waals surface area contributed by atoms with Gasteiger partial charge in [-0.2, -0.15) is 4.98 Å². The largest absolute Gasteiger partial charge is 0.423 e. The molecule has 1 N–H and O–H groups in total. The van der Waals surface area contributed by atoms with Gasteiger partial charge in [0, 0.05) is 31.8 Å². The van der Waals surface area contributed by atoms with Crippen LogP contribution in [0, 0.1) is 10.1 Å². The summed E-state index contributed by atoms with van der Waals surface area (Å²) in [7, 11) is 1.92. The highest BCUT2D eigenvalue weighted by Gasteiger charge is 2.19. The summed E-state index contributed by atoms with van der Waals surface area (Å²) in [6.07, 6.45) is 2.34. The number of hydrogen-bond donors (Lipinski definition) is 1. The number of hydrogen-bond acceptors (Lipinski definition) is 6. The molecule has 0 unspecified atom stereocenters. The Morgan fingerprint density at radius 2 is 2.45 bits per heavy atom. The van der Waals surface area contributed by atoms with E-state index in [0.717, 1.165) is 19.5 Å². The first-order valence-corrected chi connectivity index (χ1v) is 6.63. The minimum Gasteiger partial charge on any atom is -0.423 e. The molecule has 1 aliphatic rings. The maximum absolute atomic E-state index is 10.7. The van der Waals surface area contributed by atoms with Crippen LogP contribution in [-0.4, -0.2) is 36.1 Å². The van der Waals surface area contributed by atoms with Gasteiger partial charge in [-0.15, -0.1) is 0 Å². The number of non-ortho nitro benzene ring substituents is 1. The molecule has 1 fully saturated rings. The maximum atomic E-state index is 10.7. The van der Waals surface area contributed by atoms with E-state index < -0.39 is 4.92 Å². The number of oxazole rings is 1. The molecule has 2 heterocycles. The summed E-state index contributed by atoms with van der Waals surface area (Å²) in [5, 5.41) is 14.2. The Kier molecular flexibility index (Phi) is 3.27. The summed E-state index contributed by atoms with van der Waals surface area (Å²) in [4.78, 5) is 16.6. The smallest absolute Gasteiger partial charge is 0.298 e. The summed E-state index contributed by atoms with van der Waals surface area (Å²) in [6.45, 7) is 1.87. The normalized spacial score (nSPS) is 18.6. The summed E-state index contributed by atoms with van der Waals surface area (Å²) in [6, 6.07) is 5.39. The Balaban J connectivity index is 1.82. The minimum absolute atomic E-state index is 0.0254. The SMILES string of the molecule is CN(C[C@H]1CCCN1)c1nc2cc([N+](=O)[O-])ccc2o1. The molecule has 0 saturated carbocycles. The molecule has 106 valence electrons. The Hall–Kier alpha value is -2.15. The lowest BCUT2D eigenvalue weighted by atomic mass is 10.2. The molecular weight excluding hydrogens is 260 g/mol. The summed E-state index contributed by atoms with van der Waals surface area (Å²) in [5.41, 5.74) is 1.11. The van der Waals surface area contributed by atoms with E-state index in [9.17, 15) is 10.1 Å². The molecule has 3 rings (SSSR count). The summed E-state index contributed by atoms with van der Waals surface area (Å²) < 4.78 is 5.64. The minimum atomic E-state index is -0.431. The van der Waals surface area contributed by atoms with Crippen molar-refractivity contribution in [1.29, 1.82) is 0 Å². The summed E-state index contributed by atoms with van der Waals surface area (Å²) in [5.74, 6) is 0. The molecule has 1 aromatic carbocycles. The third kappa shape index (κ3) is 2.44. The van der Waals surface area contributed by atoms with E-state index in [1.54, 1.807) is 6.07 Å². The number of nitrogens with zero attached hydrogens (tertiary/aromatic N) is 3. The van der Waals surface area contributed by atoms with Gasteiger partial charge in [0.05, 0.1) is 4.92 Å². The van der Waals surface area contributed by atoms with Crippen LogP contribution in [0.15, 0.2) is 22.6 Å². The van der Waals surface area contributed by atoms with Gasteiger partial charge in [0.1, 0.15) is 5.52 Å². The first-order valence-electron chi connectivity index (χ1n) is 6.63. The number of fused-ring (bicyclic) bond motifs is 1. The lowest BCUT2D eigenvalue weighted by molar-refractivity contribution is -0.384. The topological polar surface area (TPSA) is 84.4 Å². The van der Waals surface area contributed by atoms with Gasteiger partial charge < -0.3 is 14.6 Å². The fourth-order valence-corrected chi connectivity index (χ4v) is 2.50.